The number of hydrogen-bond acceptors (Lipinski definition) is 3. The van der Waals surface area contributed by atoms with E-state index in [-0.39, 0.29) is 29.7 Å². The molecule has 1 heterocycles. The van der Waals surface area contributed by atoms with E-state index in [0.29, 0.717) is 24.2 Å². The Morgan fingerprint density at radius 2 is 2.00 bits per heavy atom. The van der Waals surface area contributed by atoms with E-state index in [1.54, 1.807) is 17.9 Å². The van der Waals surface area contributed by atoms with Crippen LogP contribution in [0.1, 0.15) is 32.8 Å². The second kappa shape index (κ2) is 7.96. The van der Waals surface area contributed by atoms with Crippen LogP contribution >= 0.6 is 0 Å². The number of β-amino-alcohol motifs (C(OH)–C–C–N with tert-alkyl or cyclic N) is 1. The van der Waals surface area contributed by atoms with Crippen LogP contribution in [0.5, 0.6) is 5.75 Å². The van der Waals surface area contributed by atoms with E-state index in [9.17, 15) is 23.1 Å². The van der Waals surface area contributed by atoms with Crippen LogP contribution in [0, 0.1) is 18.3 Å². The summed E-state index contributed by atoms with van der Waals surface area (Å²) >= 11 is 0. The van der Waals surface area contributed by atoms with Crippen molar-refractivity contribution in [1.29, 1.82) is 0 Å². The number of aryl methyl sites for hydroxylation is 1. The average molecular weight is 388 g/mol. The Morgan fingerprint density at radius 1 is 1.33 bits per heavy atom. The topological polar surface area (TPSA) is 61.8 Å². The number of alkyl halides is 3. The van der Waals surface area contributed by atoms with Gasteiger partial charge in [0.15, 0.2) is 6.61 Å². The fourth-order valence-corrected chi connectivity index (χ4v) is 3.38. The van der Waals surface area contributed by atoms with Gasteiger partial charge in [-0.15, -0.1) is 0 Å². The molecule has 5 nitrogen and oxygen atoms in total. The lowest BCUT2D eigenvalue weighted by atomic mass is 9.74. The molecule has 0 unspecified atom stereocenters. The molecule has 2 amide bonds. The molecule has 1 aliphatic heterocycles. The summed E-state index contributed by atoms with van der Waals surface area (Å²) in [5, 5.41) is 13.1. The highest BCUT2D eigenvalue weighted by Gasteiger charge is 2.37. The molecule has 0 bridgehead atoms. The largest absolute Gasteiger partial charge is 0.484 e. The highest BCUT2D eigenvalue weighted by Crippen LogP contribution is 2.34. The normalized spacial score (nSPS) is 21.1. The molecule has 27 heavy (non-hydrogen) atoms. The molecule has 2 atom stereocenters. The first kappa shape index (κ1) is 21.3. The number of halogens is 3. The Morgan fingerprint density at radius 3 is 2.52 bits per heavy atom. The fraction of sp³-hybridized carbons (Fsp3) is 0.632. The van der Waals surface area contributed by atoms with Crippen LogP contribution in [0.15, 0.2) is 18.2 Å². The summed E-state index contributed by atoms with van der Waals surface area (Å²) in [6.45, 7) is 7.25. The van der Waals surface area contributed by atoms with Gasteiger partial charge in [-0.2, -0.15) is 13.2 Å². The third-order valence-electron chi connectivity index (χ3n) is 4.80. The van der Waals surface area contributed by atoms with Gasteiger partial charge < -0.3 is 20.1 Å². The van der Waals surface area contributed by atoms with Crippen molar-refractivity contribution in [2.75, 3.05) is 25.0 Å². The highest BCUT2D eigenvalue weighted by atomic mass is 19.4. The summed E-state index contributed by atoms with van der Waals surface area (Å²) in [6, 6.07) is 4.11. The lowest BCUT2D eigenvalue weighted by Crippen LogP contribution is -2.51. The zero-order valence-electron chi connectivity index (χ0n) is 16.1. The van der Waals surface area contributed by atoms with Crippen LogP contribution in [0.2, 0.25) is 0 Å². The number of piperidine rings is 1. The van der Waals surface area contributed by atoms with Crippen molar-refractivity contribution in [3.63, 3.8) is 0 Å². The van der Waals surface area contributed by atoms with Crippen molar-refractivity contribution < 1.29 is 27.8 Å². The third-order valence-corrected chi connectivity index (χ3v) is 4.80. The maximum absolute atomic E-state index is 12.4. The molecule has 1 aliphatic rings. The second-order valence-corrected chi connectivity index (χ2v) is 8.09. The maximum Gasteiger partial charge on any atom is 0.422 e. The number of nitrogens with zero attached hydrogens (tertiary/aromatic N) is 1. The molecule has 0 spiro atoms. The Balaban J connectivity index is 1.95. The summed E-state index contributed by atoms with van der Waals surface area (Å²) in [5.41, 5.74) is 0.915. The molecule has 152 valence electrons. The molecule has 8 heteroatoms. The minimum Gasteiger partial charge on any atom is -0.484 e. The van der Waals surface area contributed by atoms with E-state index in [1.165, 1.54) is 12.1 Å². The second-order valence-electron chi connectivity index (χ2n) is 8.09. The Bertz CT molecular complexity index is 671. The first-order valence-corrected chi connectivity index (χ1v) is 8.91. The smallest absolute Gasteiger partial charge is 0.422 e. The van der Waals surface area contributed by atoms with Gasteiger partial charge in [0, 0.05) is 18.8 Å². The van der Waals surface area contributed by atoms with Gasteiger partial charge >= 0.3 is 12.2 Å². The Hall–Kier alpha value is -1.96. The van der Waals surface area contributed by atoms with Gasteiger partial charge in [-0.3, -0.25) is 0 Å². The average Bonchev–Trinajstić information content (AvgIpc) is 2.51. The van der Waals surface area contributed by atoms with Gasteiger partial charge in [0.25, 0.3) is 0 Å². The van der Waals surface area contributed by atoms with Crippen LogP contribution in [0.3, 0.4) is 0 Å². The summed E-state index contributed by atoms with van der Waals surface area (Å²) in [5.74, 6) is 0.237. The summed E-state index contributed by atoms with van der Waals surface area (Å²) in [4.78, 5) is 14.0. The van der Waals surface area contributed by atoms with E-state index >= 15 is 0 Å². The van der Waals surface area contributed by atoms with E-state index in [1.807, 2.05) is 0 Å². The van der Waals surface area contributed by atoms with Gasteiger partial charge in [-0.05, 0) is 48.4 Å². The molecule has 2 N–H and O–H groups in total. The Labute approximate surface area is 157 Å². The number of amides is 2. The van der Waals surface area contributed by atoms with E-state index in [2.05, 4.69) is 26.1 Å². The Kier molecular flexibility index (Phi) is 6.29. The molecule has 1 fully saturated rings. The van der Waals surface area contributed by atoms with Crippen molar-refractivity contribution in [3.8, 4) is 5.75 Å². The first-order valence-electron chi connectivity index (χ1n) is 8.91. The number of aliphatic hydroxyl groups excluding tert-OH is 1. The summed E-state index contributed by atoms with van der Waals surface area (Å²) < 4.78 is 41.5. The number of urea groups is 1. The number of rotatable bonds is 3. The van der Waals surface area contributed by atoms with Crippen molar-refractivity contribution >= 4 is 11.7 Å². The zero-order valence-corrected chi connectivity index (χ0v) is 16.1. The van der Waals surface area contributed by atoms with Crippen LogP contribution in [0.25, 0.3) is 0 Å². The molecule has 0 aliphatic carbocycles. The highest BCUT2D eigenvalue weighted by molar-refractivity contribution is 5.89. The number of likely N-dealkylation sites (tertiary alicyclic amines) is 1. The number of ether oxygens (including phenoxy) is 1. The van der Waals surface area contributed by atoms with Gasteiger partial charge in [0.2, 0.25) is 0 Å². The molecule has 0 radical (unpaired) electrons. The lowest BCUT2D eigenvalue weighted by molar-refractivity contribution is -0.153. The number of nitrogens with one attached hydrogen (secondary N) is 1. The first-order chi connectivity index (χ1) is 12.4. The van der Waals surface area contributed by atoms with Gasteiger partial charge in [0.05, 0.1) is 6.10 Å². The number of hydrogen-bond donors (Lipinski definition) is 2. The predicted molar refractivity (Wildman–Crippen MR) is 96.9 cm³/mol. The molecule has 1 saturated heterocycles. The van der Waals surface area contributed by atoms with Crippen LogP contribution < -0.4 is 10.1 Å². The summed E-state index contributed by atoms with van der Waals surface area (Å²) in [7, 11) is 0. The number of anilines is 1. The lowest BCUT2D eigenvalue weighted by Gasteiger charge is -2.42. The van der Waals surface area contributed by atoms with Crippen molar-refractivity contribution in [1.82, 2.24) is 4.90 Å². The third kappa shape index (κ3) is 6.02. The van der Waals surface area contributed by atoms with Crippen molar-refractivity contribution in [3.05, 3.63) is 23.8 Å². The molecule has 1 aromatic rings. The quantitative estimate of drug-likeness (QED) is 0.816. The number of aliphatic hydroxyl groups is 1. The standard InChI is InChI=1S/C19H27F3N2O3/c1-12-9-13(5-6-16(12)27-11-19(20,21)22)23-17(26)24-8-7-14(15(25)10-24)18(2,3)4/h5-6,9,14-15,25H,7-8,10-11H2,1-4H3,(H,23,26)/t14-,15-/m1/s1. The van der Waals surface area contributed by atoms with Crippen molar-refractivity contribution in [2.24, 2.45) is 11.3 Å². The SMILES string of the molecule is Cc1cc(NC(=O)N2CC[C@@H](C(C)(C)C)[C@H](O)C2)ccc1OCC(F)(F)F. The molecular formula is C19H27F3N2O3. The molecule has 2 rings (SSSR count). The molecule has 1 aromatic carbocycles. The maximum atomic E-state index is 12.4. The van der Waals surface area contributed by atoms with E-state index in [0.717, 1.165) is 0 Å². The zero-order chi connectivity index (χ0) is 20.4. The monoisotopic (exact) mass is 388 g/mol. The molecular weight excluding hydrogens is 361 g/mol. The molecule has 0 saturated carbocycles. The number of carbonyl (C=O) groups excluding carboxylic acids is 1. The fourth-order valence-electron chi connectivity index (χ4n) is 3.38. The van der Waals surface area contributed by atoms with Gasteiger partial charge in [0.1, 0.15) is 5.75 Å². The minimum atomic E-state index is -4.40. The van der Waals surface area contributed by atoms with E-state index in [4.69, 9.17) is 4.74 Å². The van der Waals surface area contributed by atoms with Gasteiger partial charge in [-0.1, -0.05) is 20.8 Å². The van der Waals surface area contributed by atoms with Crippen LogP contribution in [-0.2, 0) is 0 Å². The van der Waals surface area contributed by atoms with Crippen LogP contribution in [0.4, 0.5) is 23.7 Å². The predicted octanol–water partition coefficient (Wildman–Crippen LogP) is 4.20. The minimum absolute atomic E-state index is 0.0364. The van der Waals surface area contributed by atoms with Gasteiger partial charge in [-0.25, -0.2) is 4.79 Å². The number of benzene rings is 1. The van der Waals surface area contributed by atoms with Crippen molar-refractivity contribution in [2.45, 2.75) is 46.4 Å². The number of carbonyl (C=O) groups is 1. The summed E-state index contributed by atoms with van der Waals surface area (Å²) in [6.07, 6.45) is -4.29. The van der Waals surface area contributed by atoms with Crippen LogP contribution in [-0.4, -0.2) is 48.0 Å². The van der Waals surface area contributed by atoms with E-state index < -0.39 is 18.9 Å². The molecule has 0 aromatic heterocycles.